The van der Waals surface area contributed by atoms with Crippen molar-refractivity contribution in [1.82, 2.24) is 0 Å². The van der Waals surface area contributed by atoms with E-state index in [0.29, 0.717) is 12.5 Å². The van der Waals surface area contributed by atoms with Gasteiger partial charge >= 0.3 is 7.12 Å². The van der Waals surface area contributed by atoms with Gasteiger partial charge in [-0.3, -0.25) is 0 Å². The third-order valence-electron chi connectivity index (χ3n) is 1.52. The number of hydrogen-bond acceptors (Lipinski definition) is 3. The summed E-state index contributed by atoms with van der Waals surface area (Å²) in [6.07, 6.45) is 2.78. The van der Waals surface area contributed by atoms with Gasteiger partial charge in [0.15, 0.2) is 0 Å². The van der Waals surface area contributed by atoms with Gasteiger partial charge in [-0.2, -0.15) is 0 Å². The van der Waals surface area contributed by atoms with Gasteiger partial charge in [0, 0.05) is 12.5 Å². The van der Waals surface area contributed by atoms with Gasteiger partial charge in [0.1, 0.15) is 0 Å². The molecule has 3 nitrogen and oxygen atoms in total. The molecule has 1 heterocycles. The Kier molecular flexibility index (Phi) is 2.93. The molecule has 2 N–H and O–H groups in total. The third-order valence-corrected chi connectivity index (χ3v) is 1.52. The Morgan fingerprint density at radius 2 is 2.30 bits per heavy atom. The lowest BCUT2D eigenvalue weighted by atomic mass is 9.89. The molecule has 0 saturated carbocycles. The van der Waals surface area contributed by atoms with Crippen LogP contribution in [0.25, 0.3) is 0 Å². The smallest absolute Gasteiger partial charge is 0.424 e. The van der Waals surface area contributed by atoms with Crippen molar-refractivity contribution >= 4 is 7.12 Å². The van der Waals surface area contributed by atoms with Crippen molar-refractivity contribution in [2.24, 2.45) is 5.92 Å². The van der Waals surface area contributed by atoms with Crippen LogP contribution in [-0.4, -0.2) is 30.4 Å². The Morgan fingerprint density at radius 3 is 2.80 bits per heavy atom. The summed E-state index contributed by atoms with van der Waals surface area (Å²) in [6.45, 7) is 1.50. The summed E-state index contributed by atoms with van der Waals surface area (Å²) in [7, 11) is -1.32. The van der Waals surface area contributed by atoms with E-state index in [1.54, 1.807) is 6.08 Å². The molecule has 4 heteroatoms. The van der Waals surface area contributed by atoms with E-state index in [-0.39, 0.29) is 0 Å². The lowest BCUT2D eigenvalue weighted by molar-refractivity contribution is 0.191. The molecular weight excluding hydrogens is 131 g/mol. The molecule has 0 amide bonds. The van der Waals surface area contributed by atoms with Crippen molar-refractivity contribution < 1.29 is 14.8 Å². The average Bonchev–Trinajstić information content (AvgIpc) is 2.34. The van der Waals surface area contributed by atoms with Crippen LogP contribution in [0.1, 0.15) is 6.42 Å². The normalized spacial score (nSPS) is 26.0. The highest BCUT2D eigenvalue weighted by atomic mass is 16.5. The highest BCUT2D eigenvalue weighted by Crippen LogP contribution is 2.12. The molecular formula is C6H11BO3. The molecule has 1 aliphatic heterocycles. The first-order valence-electron chi connectivity index (χ1n) is 3.41. The zero-order valence-electron chi connectivity index (χ0n) is 5.73. The van der Waals surface area contributed by atoms with Crippen LogP contribution in [0.5, 0.6) is 0 Å². The molecule has 1 fully saturated rings. The van der Waals surface area contributed by atoms with E-state index in [0.717, 1.165) is 13.0 Å². The fourth-order valence-electron chi connectivity index (χ4n) is 0.961. The molecule has 0 aromatic carbocycles. The molecule has 0 aromatic rings. The molecule has 1 aliphatic rings. The molecule has 56 valence electrons. The minimum Gasteiger partial charge on any atom is -0.424 e. The standard InChI is InChI=1S/C6H11BO3/c8-7(9)3-1-6-2-4-10-5-6/h1,3,6,8-9H,2,4-5H2/b3-1+. The first-order valence-corrected chi connectivity index (χ1v) is 3.41. The molecule has 10 heavy (non-hydrogen) atoms. The van der Waals surface area contributed by atoms with Crippen molar-refractivity contribution in [2.45, 2.75) is 6.42 Å². The number of rotatable bonds is 2. The maximum absolute atomic E-state index is 8.44. The minimum atomic E-state index is -1.32. The number of ether oxygens (including phenoxy) is 1. The molecule has 0 radical (unpaired) electrons. The van der Waals surface area contributed by atoms with E-state index >= 15 is 0 Å². The van der Waals surface area contributed by atoms with E-state index < -0.39 is 7.12 Å². The molecule has 0 aromatic heterocycles. The Balaban J connectivity index is 2.23. The van der Waals surface area contributed by atoms with Crippen LogP contribution in [0.3, 0.4) is 0 Å². The summed E-state index contributed by atoms with van der Waals surface area (Å²) in [5, 5.41) is 16.9. The molecule has 1 saturated heterocycles. The average molecular weight is 142 g/mol. The monoisotopic (exact) mass is 142 g/mol. The van der Waals surface area contributed by atoms with E-state index in [4.69, 9.17) is 14.8 Å². The first kappa shape index (κ1) is 7.79. The van der Waals surface area contributed by atoms with Gasteiger partial charge in [0.25, 0.3) is 0 Å². The third kappa shape index (κ3) is 2.52. The Bertz CT molecular complexity index is 118. The van der Waals surface area contributed by atoms with Crippen LogP contribution in [0.4, 0.5) is 0 Å². The van der Waals surface area contributed by atoms with Gasteiger partial charge in [-0.25, -0.2) is 0 Å². The predicted octanol–water partition coefficient (Wildman–Crippen LogP) is -0.409. The van der Waals surface area contributed by atoms with Crippen LogP contribution in [-0.2, 0) is 4.74 Å². The quantitative estimate of drug-likeness (QED) is 0.515. The Hall–Kier alpha value is -0.315. The molecule has 0 spiro atoms. The zero-order chi connectivity index (χ0) is 7.40. The van der Waals surface area contributed by atoms with E-state index in [1.807, 2.05) is 0 Å². The molecule has 0 aliphatic carbocycles. The summed E-state index contributed by atoms with van der Waals surface area (Å²) in [5.41, 5.74) is 0. The largest absolute Gasteiger partial charge is 0.480 e. The molecule has 1 rings (SSSR count). The summed E-state index contributed by atoms with van der Waals surface area (Å²) < 4.78 is 5.07. The van der Waals surface area contributed by atoms with E-state index in [9.17, 15) is 0 Å². The van der Waals surface area contributed by atoms with Gasteiger partial charge in [-0.05, 0) is 6.42 Å². The summed E-state index contributed by atoms with van der Waals surface area (Å²) >= 11 is 0. The number of hydrogen-bond donors (Lipinski definition) is 2. The van der Waals surface area contributed by atoms with Gasteiger partial charge in [-0.15, -0.1) is 0 Å². The molecule has 0 bridgehead atoms. The highest BCUT2D eigenvalue weighted by molar-refractivity contribution is 6.47. The second-order valence-electron chi connectivity index (χ2n) is 2.42. The molecule has 1 unspecified atom stereocenters. The summed E-state index contributed by atoms with van der Waals surface area (Å²) in [6, 6.07) is 0. The fraction of sp³-hybridized carbons (Fsp3) is 0.667. The maximum atomic E-state index is 8.44. The lowest BCUT2D eigenvalue weighted by Crippen LogP contribution is -2.07. The molecule has 1 atom stereocenters. The van der Waals surface area contributed by atoms with Crippen molar-refractivity contribution in [3.05, 3.63) is 12.1 Å². The van der Waals surface area contributed by atoms with Crippen molar-refractivity contribution in [3.63, 3.8) is 0 Å². The van der Waals surface area contributed by atoms with Gasteiger partial charge < -0.3 is 14.8 Å². The minimum absolute atomic E-state index is 0.377. The van der Waals surface area contributed by atoms with Crippen LogP contribution in [0.15, 0.2) is 12.1 Å². The van der Waals surface area contributed by atoms with Crippen LogP contribution < -0.4 is 0 Å². The van der Waals surface area contributed by atoms with Crippen molar-refractivity contribution in [1.29, 1.82) is 0 Å². The van der Waals surface area contributed by atoms with Crippen LogP contribution in [0, 0.1) is 5.92 Å². The SMILES string of the molecule is OB(O)/C=C/C1CCOC1. The van der Waals surface area contributed by atoms with E-state index in [1.165, 1.54) is 5.98 Å². The van der Waals surface area contributed by atoms with Crippen LogP contribution >= 0.6 is 0 Å². The predicted molar refractivity (Wildman–Crippen MR) is 38.3 cm³/mol. The van der Waals surface area contributed by atoms with Crippen molar-refractivity contribution in [2.75, 3.05) is 13.2 Å². The van der Waals surface area contributed by atoms with Crippen LogP contribution in [0.2, 0.25) is 0 Å². The second-order valence-corrected chi connectivity index (χ2v) is 2.42. The van der Waals surface area contributed by atoms with Crippen molar-refractivity contribution in [3.8, 4) is 0 Å². The zero-order valence-corrected chi connectivity index (χ0v) is 5.73. The maximum Gasteiger partial charge on any atom is 0.480 e. The highest BCUT2D eigenvalue weighted by Gasteiger charge is 2.12. The second kappa shape index (κ2) is 3.76. The Morgan fingerprint density at radius 1 is 1.50 bits per heavy atom. The van der Waals surface area contributed by atoms with Gasteiger partial charge in [0.05, 0.1) is 6.61 Å². The van der Waals surface area contributed by atoms with Gasteiger partial charge in [-0.1, -0.05) is 12.1 Å². The fourth-order valence-corrected chi connectivity index (χ4v) is 0.961. The lowest BCUT2D eigenvalue weighted by Gasteiger charge is -1.96. The summed E-state index contributed by atoms with van der Waals surface area (Å²) in [4.78, 5) is 0. The first-order chi connectivity index (χ1) is 4.79. The van der Waals surface area contributed by atoms with Gasteiger partial charge in [0.2, 0.25) is 0 Å². The summed E-state index contributed by atoms with van der Waals surface area (Å²) in [5.74, 6) is 1.75. The van der Waals surface area contributed by atoms with E-state index in [2.05, 4.69) is 0 Å². The Labute approximate surface area is 60.5 Å². The topological polar surface area (TPSA) is 49.7 Å².